The molecule has 1 fully saturated rings. The van der Waals surface area contributed by atoms with Crippen LogP contribution in [-0.2, 0) is 6.61 Å². The minimum atomic E-state index is -0.191. The summed E-state index contributed by atoms with van der Waals surface area (Å²) in [5.41, 5.74) is 2.53. The Morgan fingerprint density at radius 1 is 1.33 bits per heavy atom. The quantitative estimate of drug-likeness (QED) is 0.665. The highest BCUT2D eigenvalue weighted by atomic mass is 79.9. The zero-order valence-electron chi connectivity index (χ0n) is 14.8. The molecule has 27 heavy (non-hydrogen) atoms. The number of benzene rings is 1. The molecule has 2 unspecified atom stereocenters. The Morgan fingerprint density at radius 3 is 2.85 bits per heavy atom. The third kappa shape index (κ3) is 4.19. The SMILES string of the molecule is Cc1cnc(Nc2cc(C#N)c(Br)c(CO)c2)nc1NC1CCCC1C#N. The highest BCUT2D eigenvalue weighted by molar-refractivity contribution is 9.10. The second-order valence-corrected chi connectivity index (χ2v) is 7.33. The van der Waals surface area contributed by atoms with E-state index in [4.69, 9.17) is 0 Å². The number of nitriles is 2. The van der Waals surface area contributed by atoms with Crippen molar-refractivity contribution < 1.29 is 5.11 Å². The molecule has 3 N–H and O–H groups in total. The molecule has 138 valence electrons. The van der Waals surface area contributed by atoms with E-state index in [1.807, 2.05) is 6.92 Å². The maximum atomic E-state index is 9.48. The van der Waals surface area contributed by atoms with Crippen LogP contribution in [0.4, 0.5) is 17.5 Å². The van der Waals surface area contributed by atoms with Gasteiger partial charge in [0.25, 0.3) is 0 Å². The van der Waals surface area contributed by atoms with Crippen LogP contribution >= 0.6 is 15.9 Å². The van der Waals surface area contributed by atoms with E-state index in [9.17, 15) is 15.6 Å². The fraction of sp³-hybridized carbons (Fsp3) is 0.368. The molecule has 1 aliphatic rings. The second kappa shape index (κ2) is 8.34. The van der Waals surface area contributed by atoms with Crippen LogP contribution in [-0.4, -0.2) is 21.1 Å². The lowest BCUT2D eigenvalue weighted by Crippen LogP contribution is -2.24. The van der Waals surface area contributed by atoms with Gasteiger partial charge in [0.05, 0.1) is 24.2 Å². The van der Waals surface area contributed by atoms with E-state index in [1.165, 1.54) is 0 Å². The van der Waals surface area contributed by atoms with Crippen molar-refractivity contribution in [3.63, 3.8) is 0 Å². The van der Waals surface area contributed by atoms with Crippen molar-refractivity contribution in [3.05, 3.63) is 39.5 Å². The third-order valence-electron chi connectivity index (χ3n) is 4.67. The summed E-state index contributed by atoms with van der Waals surface area (Å²) in [5.74, 6) is 1.07. The van der Waals surface area contributed by atoms with Gasteiger partial charge in [-0.05, 0) is 59.8 Å². The molecule has 0 aliphatic heterocycles. The van der Waals surface area contributed by atoms with Crippen molar-refractivity contribution in [2.75, 3.05) is 10.6 Å². The van der Waals surface area contributed by atoms with E-state index in [2.05, 4.69) is 48.7 Å². The number of hydrogen-bond acceptors (Lipinski definition) is 7. The molecule has 8 heteroatoms. The zero-order chi connectivity index (χ0) is 19.4. The molecule has 0 amide bonds. The smallest absolute Gasteiger partial charge is 0.229 e. The van der Waals surface area contributed by atoms with Gasteiger partial charge in [-0.15, -0.1) is 0 Å². The van der Waals surface area contributed by atoms with Gasteiger partial charge >= 0.3 is 0 Å². The highest BCUT2D eigenvalue weighted by Crippen LogP contribution is 2.30. The molecule has 1 heterocycles. The third-order valence-corrected chi connectivity index (χ3v) is 5.61. The number of nitrogens with zero attached hydrogens (tertiary/aromatic N) is 4. The number of aliphatic hydroxyl groups excluding tert-OH is 1. The van der Waals surface area contributed by atoms with Crippen LogP contribution in [0.2, 0.25) is 0 Å². The van der Waals surface area contributed by atoms with E-state index >= 15 is 0 Å². The maximum absolute atomic E-state index is 9.48. The molecule has 0 saturated heterocycles. The summed E-state index contributed by atoms with van der Waals surface area (Å²) >= 11 is 3.33. The molecular formula is C19H19BrN6O. The molecule has 3 rings (SSSR count). The van der Waals surface area contributed by atoms with Gasteiger partial charge in [-0.2, -0.15) is 15.5 Å². The van der Waals surface area contributed by atoms with Gasteiger partial charge in [-0.3, -0.25) is 0 Å². The minimum absolute atomic E-state index is 0.00690. The number of nitrogens with one attached hydrogen (secondary N) is 2. The zero-order valence-corrected chi connectivity index (χ0v) is 16.4. The normalized spacial score (nSPS) is 18.6. The molecule has 2 atom stereocenters. The molecule has 1 aliphatic carbocycles. The van der Waals surface area contributed by atoms with Crippen molar-refractivity contribution in [2.24, 2.45) is 5.92 Å². The maximum Gasteiger partial charge on any atom is 0.229 e. The lowest BCUT2D eigenvalue weighted by Gasteiger charge is -2.18. The first-order valence-electron chi connectivity index (χ1n) is 8.66. The Balaban J connectivity index is 1.85. The van der Waals surface area contributed by atoms with Gasteiger partial charge in [-0.25, -0.2) is 4.98 Å². The predicted octanol–water partition coefficient (Wildman–Crippen LogP) is 3.76. The van der Waals surface area contributed by atoms with Gasteiger partial charge in [0.1, 0.15) is 11.9 Å². The van der Waals surface area contributed by atoms with Crippen molar-refractivity contribution in [3.8, 4) is 12.1 Å². The number of halogens is 1. The molecule has 0 bridgehead atoms. The van der Waals surface area contributed by atoms with Gasteiger partial charge in [-0.1, -0.05) is 0 Å². The molecular weight excluding hydrogens is 408 g/mol. The van der Waals surface area contributed by atoms with E-state index < -0.39 is 0 Å². The van der Waals surface area contributed by atoms with E-state index in [0.717, 1.165) is 24.8 Å². The van der Waals surface area contributed by atoms with Gasteiger partial charge in [0.15, 0.2) is 0 Å². The molecule has 2 aromatic rings. The first-order chi connectivity index (χ1) is 13.0. The Morgan fingerprint density at radius 2 is 2.15 bits per heavy atom. The predicted molar refractivity (Wildman–Crippen MR) is 105 cm³/mol. The largest absolute Gasteiger partial charge is 0.392 e. The van der Waals surface area contributed by atoms with Crippen molar-refractivity contribution in [2.45, 2.75) is 38.8 Å². The summed E-state index contributed by atoms with van der Waals surface area (Å²) in [6, 6.07) is 7.95. The van der Waals surface area contributed by atoms with Gasteiger partial charge in [0.2, 0.25) is 5.95 Å². The first kappa shape index (κ1) is 19.1. The number of hydrogen-bond donors (Lipinski definition) is 3. The Labute approximate surface area is 166 Å². The minimum Gasteiger partial charge on any atom is -0.392 e. The summed E-state index contributed by atoms with van der Waals surface area (Å²) in [6.45, 7) is 1.73. The summed E-state index contributed by atoms with van der Waals surface area (Å²) in [6.07, 6.45) is 4.60. The van der Waals surface area contributed by atoms with Crippen LogP contribution in [0.15, 0.2) is 22.8 Å². The van der Waals surface area contributed by atoms with E-state index in [0.29, 0.717) is 33.1 Å². The average molecular weight is 427 g/mol. The molecule has 7 nitrogen and oxygen atoms in total. The van der Waals surface area contributed by atoms with Gasteiger partial charge < -0.3 is 15.7 Å². The monoisotopic (exact) mass is 426 g/mol. The molecule has 0 radical (unpaired) electrons. The van der Waals surface area contributed by atoms with Crippen LogP contribution < -0.4 is 10.6 Å². The van der Waals surface area contributed by atoms with Crippen molar-refractivity contribution in [1.82, 2.24) is 9.97 Å². The van der Waals surface area contributed by atoms with Crippen LogP contribution in [0.3, 0.4) is 0 Å². The standard InChI is InChI=1S/C19H19BrN6O/c1-11-9-23-19(26-18(11)25-16-4-2-3-12(16)7-21)24-15-5-13(8-22)17(20)14(6-15)10-27/h5-6,9,12,16,27H,2-4,10H2,1H3,(H2,23,24,25,26). The lowest BCUT2D eigenvalue weighted by atomic mass is 10.1. The molecule has 0 spiro atoms. The molecule has 1 aromatic carbocycles. The number of rotatable bonds is 5. The number of aliphatic hydroxyl groups is 1. The second-order valence-electron chi connectivity index (χ2n) is 6.53. The topological polar surface area (TPSA) is 118 Å². The van der Waals surface area contributed by atoms with E-state index in [1.54, 1.807) is 18.3 Å². The lowest BCUT2D eigenvalue weighted by molar-refractivity contribution is 0.281. The van der Waals surface area contributed by atoms with Crippen LogP contribution in [0.1, 0.15) is 36.0 Å². The van der Waals surface area contributed by atoms with Crippen molar-refractivity contribution in [1.29, 1.82) is 10.5 Å². The summed E-state index contributed by atoms with van der Waals surface area (Å²) in [4.78, 5) is 8.83. The van der Waals surface area contributed by atoms with Crippen LogP contribution in [0, 0.1) is 35.5 Å². The summed E-state index contributed by atoms with van der Waals surface area (Å²) in [7, 11) is 0. The van der Waals surface area contributed by atoms with E-state index in [-0.39, 0.29) is 18.6 Å². The molecule has 1 aromatic heterocycles. The fourth-order valence-corrected chi connectivity index (χ4v) is 3.64. The summed E-state index contributed by atoms with van der Waals surface area (Å²) in [5, 5.41) is 34.5. The Kier molecular flexibility index (Phi) is 5.90. The number of aryl methyl sites for hydroxylation is 1. The molecule has 1 saturated carbocycles. The average Bonchev–Trinajstić information content (AvgIpc) is 3.12. The number of anilines is 3. The Bertz CT molecular complexity index is 933. The first-order valence-corrected chi connectivity index (χ1v) is 9.45. The fourth-order valence-electron chi connectivity index (χ4n) is 3.19. The highest BCUT2D eigenvalue weighted by Gasteiger charge is 2.27. The summed E-state index contributed by atoms with van der Waals surface area (Å²) < 4.78 is 0.578. The van der Waals surface area contributed by atoms with Crippen LogP contribution in [0.25, 0.3) is 0 Å². The van der Waals surface area contributed by atoms with Crippen LogP contribution in [0.5, 0.6) is 0 Å². The number of aromatic nitrogens is 2. The van der Waals surface area contributed by atoms with Gasteiger partial charge in [0, 0.05) is 28.0 Å². The Hall–Kier alpha value is -2.68. The van der Waals surface area contributed by atoms with Crippen molar-refractivity contribution >= 4 is 33.4 Å².